The lowest BCUT2D eigenvalue weighted by Gasteiger charge is -2.15. The summed E-state index contributed by atoms with van der Waals surface area (Å²) in [6.07, 6.45) is 0.936. The van der Waals surface area contributed by atoms with Crippen LogP contribution in [0.2, 0.25) is 0 Å². The highest BCUT2D eigenvalue weighted by atomic mass is 16.5. The maximum absolute atomic E-state index is 10.8. The number of carboxylic acids is 1. The zero-order chi connectivity index (χ0) is 18.2. The molecule has 2 aromatic rings. The highest BCUT2D eigenvalue weighted by Crippen LogP contribution is 2.28. The molecule has 1 unspecified atom stereocenters. The molecule has 0 aliphatic heterocycles. The number of hydrogen-bond donors (Lipinski definition) is 2. The van der Waals surface area contributed by atoms with Gasteiger partial charge in [0.15, 0.2) is 11.5 Å². The Kier molecular flexibility index (Phi) is 6.83. The highest BCUT2D eigenvalue weighted by molar-refractivity contribution is 5.87. The number of methoxy groups -OCH3 is 2. The molecule has 0 spiro atoms. The van der Waals surface area contributed by atoms with Gasteiger partial charge < -0.3 is 19.9 Å². The van der Waals surface area contributed by atoms with Gasteiger partial charge in [-0.3, -0.25) is 0 Å². The third-order valence-electron chi connectivity index (χ3n) is 4.05. The molecular weight excluding hydrogens is 318 g/mol. The summed E-state index contributed by atoms with van der Waals surface area (Å²) in [6.45, 7) is 3.78. The van der Waals surface area contributed by atoms with Gasteiger partial charge in [-0.05, 0) is 54.3 Å². The molecule has 0 aliphatic rings. The van der Waals surface area contributed by atoms with Crippen LogP contribution in [0.1, 0.15) is 28.4 Å². The average Bonchev–Trinajstić information content (AvgIpc) is 2.62. The minimum Gasteiger partial charge on any atom is -0.493 e. The van der Waals surface area contributed by atoms with Crippen LogP contribution in [0.4, 0.5) is 0 Å². The number of rotatable bonds is 9. The van der Waals surface area contributed by atoms with Gasteiger partial charge in [0.2, 0.25) is 0 Å². The summed E-state index contributed by atoms with van der Waals surface area (Å²) in [5.41, 5.74) is 2.59. The maximum atomic E-state index is 10.8. The molecule has 2 aromatic carbocycles. The molecule has 2 rings (SSSR count). The molecule has 2 N–H and O–H groups in total. The number of carbonyl (C=O) groups is 1. The van der Waals surface area contributed by atoms with Gasteiger partial charge in [0.1, 0.15) is 0 Å². The van der Waals surface area contributed by atoms with Crippen LogP contribution in [0.15, 0.2) is 42.5 Å². The standard InChI is InChI=1S/C20H25NO4/c1-14(10-16-6-9-18(24-2)19(11-16)25-3)12-21-13-15-4-7-17(8-5-15)20(22)23/h4-9,11,14,21H,10,12-13H2,1-3H3,(H,22,23). The van der Waals surface area contributed by atoms with Gasteiger partial charge in [-0.25, -0.2) is 4.79 Å². The Morgan fingerprint density at radius 1 is 1.04 bits per heavy atom. The lowest BCUT2D eigenvalue weighted by Crippen LogP contribution is -2.22. The van der Waals surface area contributed by atoms with Crippen molar-refractivity contribution in [3.05, 3.63) is 59.2 Å². The van der Waals surface area contributed by atoms with Gasteiger partial charge in [-0.15, -0.1) is 0 Å². The number of ether oxygens (including phenoxy) is 2. The molecule has 1 atom stereocenters. The predicted octanol–water partition coefficient (Wildman–Crippen LogP) is 3.37. The third-order valence-corrected chi connectivity index (χ3v) is 4.05. The highest BCUT2D eigenvalue weighted by Gasteiger charge is 2.08. The van der Waals surface area contributed by atoms with Gasteiger partial charge in [0.05, 0.1) is 19.8 Å². The summed E-state index contributed by atoms with van der Waals surface area (Å²) in [6, 6.07) is 12.9. The second-order valence-electron chi connectivity index (χ2n) is 6.13. The van der Waals surface area contributed by atoms with E-state index in [9.17, 15) is 4.79 Å². The normalized spacial score (nSPS) is 11.8. The van der Waals surface area contributed by atoms with E-state index in [0.717, 1.165) is 36.6 Å². The maximum Gasteiger partial charge on any atom is 0.335 e. The second kappa shape index (κ2) is 9.08. The molecule has 5 nitrogen and oxygen atoms in total. The predicted molar refractivity (Wildman–Crippen MR) is 97.5 cm³/mol. The first-order chi connectivity index (χ1) is 12.0. The van der Waals surface area contributed by atoms with Crippen LogP contribution in [0.25, 0.3) is 0 Å². The molecule has 25 heavy (non-hydrogen) atoms. The van der Waals surface area contributed by atoms with Gasteiger partial charge in [-0.1, -0.05) is 25.1 Å². The number of benzene rings is 2. The van der Waals surface area contributed by atoms with E-state index in [0.29, 0.717) is 11.5 Å². The molecule has 0 aliphatic carbocycles. The van der Waals surface area contributed by atoms with Gasteiger partial charge >= 0.3 is 5.97 Å². The Hall–Kier alpha value is -2.53. The molecular formula is C20H25NO4. The van der Waals surface area contributed by atoms with Crippen LogP contribution in [-0.2, 0) is 13.0 Å². The van der Waals surface area contributed by atoms with Crippen LogP contribution < -0.4 is 14.8 Å². The molecule has 0 amide bonds. The van der Waals surface area contributed by atoms with E-state index < -0.39 is 5.97 Å². The fraction of sp³-hybridized carbons (Fsp3) is 0.350. The zero-order valence-electron chi connectivity index (χ0n) is 14.9. The fourth-order valence-electron chi connectivity index (χ4n) is 2.71. The van der Waals surface area contributed by atoms with E-state index in [-0.39, 0.29) is 0 Å². The van der Waals surface area contributed by atoms with Crippen LogP contribution in [-0.4, -0.2) is 31.8 Å². The monoisotopic (exact) mass is 343 g/mol. The minimum absolute atomic E-state index is 0.311. The Labute approximate surface area is 148 Å². The van der Waals surface area contributed by atoms with Crippen molar-refractivity contribution in [3.63, 3.8) is 0 Å². The molecule has 0 radical (unpaired) electrons. The topological polar surface area (TPSA) is 67.8 Å². The molecule has 0 fully saturated rings. The van der Waals surface area contributed by atoms with E-state index in [2.05, 4.69) is 18.3 Å². The van der Waals surface area contributed by atoms with Crippen molar-refractivity contribution in [2.45, 2.75) is 19.9 Å². The van der Waals surface area contributed by atoms with Crippen molar-refractivity contribution in [1.29, 1.82) is 0 Å². The quantitative estimate of drug-likeness (QED) is 0.731. The molecule has 134 valence electrons. The zero-order valence-corrected chi connectivity index (χ0v) is 14.9. The minimum atomic E-state index is -0.900. The number of carboxylic acid groups (broad SMARTS) is 1. The summed E-state index contributed by atoms with van der Waals surface area (Å²) < 4.78 is 10.6. The van der Waals surface area contributed by atoms with Crippen LogP contribution in [0.5, 0.6) is 11.5 Å². The van der Waals surface area contributed by atoms with Crippen LogP contribution in [0.3, 0.4) is 0 Å². The number of aromatic carboxylic acids is 1. The summed E-state index contributed by atoms with van der Waals surface area (Å²) in [5, 5.41) is 12.3. The third kappa shape index (κ3) is 5.50. The number of hydrogen-bond acceptors (Lipinski definition) is 4. The molecule has 0 heterocycles. The second-order valence-corrected chi connectivity index (χ2v) is 6.13. The molecule has 0 aromatic heterocycles. The van der Waals surface area contributed by atoms with E-state index >= 15 is 0 Å². The first kappa shape index (κ1) is 18.8. The smallest absolute Gasteiger partial charge is 0.335 e. The summed E-state index contributed by atoms with van der Waals surface area (Å²) in [4.78, 5) is 10.8. The first-order valence-corrected chi connectivity index (χ1v) is 8.27. The van der Waals surface area contributed by atoms with Crippen LogP contribution in [0, 0.1) is 5.92 Å². The molecule has 0 saturated carbocycles. The van der Waals surface area contributed by atoms with Crippen molar-refractivity contribution in [3.8, 4) is 11.5 Å². The average molecular weight is 343 g/mol. The van der Waals surface area contributed by atoms with Crippen molar-refractivity contribution in [2.75, 3.05) is 20.8 Å². The van der Waals surface area contributed by atoms with Crippen molar-refractivity contribution in [2.24, 2.45) is 5.92 Å². The van der Waals surface area contributed by atoms with Crippen molar-refractivity contribution < 1.29 is 19.4 Å². The molecule has 5 heteroatoms. The van der Waals surface area contributed by atoms with Crippen molar-refractivity contribution >= 4 is 5.97 Å². The van der Waals surface area contributed by atoms with Crippen molar-refractivity contribution in [1.82, 2.24) is 5.32 Å². The Balaban J connectivity index is 1.82. The Morgan fingerprint density at radius 3 is 2.28 bits per heavy atom. The van der Waals surface area contributed by atoms with E-state index in [1.807, 2.05) is 24.3 Å². The van der Waals surface area contributed by atoms with Crippen LogP contribution >= 0.6 is 0 Å². The Morgan fingerprint density at radius 2 is 1.68 bits per heavy atom. The van der Waals surface area contributed by atoms with Gasteiger partial charge in [0.25, 0.3) is 0 Å². The Bertz CT molecular complexity index is 697. The summed E-state index contributed by atoms with van der Waals surface area (Å²) in [7, 11) is 3.27. The van der Waals surface area contributed by atoms with E-state index in [1.54, 1.807) is 26.4 Å². The lowest BCUT2D eigenvalue weighted by atomic mass is 10.0. The molecule has 0 bridgehead atoms. The SMILES string of the molecule is COc1ccc(CC(C)CNCc2ccc(C(=O)O)cc2)cc1OC. The van der Waals surface area contributed by atoms with E-state index in [4.69, 9.17) is 14.6 Å². The molecule has 0 saturated heterocycles. The summed E-state index contributed by atoms with van der Waals surface area (Å²) in [5.74, 6) is 1.04. The largest absolute Gasteiger partial charge is 0.493 e. The van der Waals surface area contributed by atoms with E-state index in [1.165, 1.54) is 5.56 Å². The summed E-state index contributed by atoms with van der Waals surface area (Å²) >= 11 is 0. The van der Waals surface area contributed by atoms with Gasteiger partial charge in [-0.2, -0.15) is 0 Å². The number of nitrogens with one attached hydrogen (secondary N) is 1. The van der Waals surface area contributed by atoms with Gasteiger partial charge in [0, 0.05) is 6.54 Å². The lowest BCUT2D eigenvalue weighted by molar-refractivity contribution is 0.0697. The first-order valence-electron chi connectivity index (χ1n) is 8.27. The fourth-order valence-corrected chi connectivity index (χ4v) is 2.71.